The van der Waals surface area contributed by atoms with Crippen molar-refractivity contribution in [2.45, 2.75) is 32.2 Å². The number of hydrogen-bond donors (Lipinski definition) is 1. The molecule has 1 atom stereocenters. The van der Waals surface area contributed by atoms with Crippen molar-refractivity contribution in [1.29, 1.82) is 0 Å². The number of halogens is 2. The molecule has 0 aliphatic carbocycles. The smallest absolute Gasteiger partial charge is 0.226 e. The molecule has 0 spiro atoms. The van der Waals surface area contributed by atoms with Crippen molar-refractivity contribution in [2.75, 3.05) is 5.32 Å². The van der Waals surface area contributed by atoms with Gasteiger partial charge in [0.15, 0.2) is 0 Å². The topological polar surface area (TPSA) is 46.9 Å². The van der Waals surface area contributed by atoms with Crippen molar-refractivity contribution in [3.05, 3.63) is 45.6 Å². The minimum Gasteiger partial charge on any atom is -0.311 e. The largest absolute Gasteiger partial charge is 0.311 e. The lowest BCUT2D eigenvalue weighted by molar-refractivity contribution is -0.116. The SMILES string of the molecule is CC(C)n1ncc2c1NC(=O)CC2c1c(Cl)cccc1Cl. The van der Waals surface area contributed by atoms with Gasteiger partial charge in [-0.15, -0.1) is 0 Å². The lowest BCUT2D eigenvalue weighted by atomic mass is 9.87. The maximum absolute atomic E-state index is 12.1. The lowest BCUT2D eigenvalue weighted by Gasteiger charge is -2.25. The first-order chi connectivity index (χ1) is 9.99. The first-order valence-electron chi connectivity index (χ1n) is 6.80. The molecule has 3 rings (SSSR count). The minimum atomic E-state index is -0.164. The fraction of sp³-hybridized carbons (Fsp3) is 0.333. The van der Waals surface area contributed by atoms with Crippen LogP contribution in [0.2, 0.25) is 10.0 Å². The van der Waals surface area contributed by atoms with Crippen LogP contribution < -0.4 is 5.32 Å². The number of amides is 1. The van der Waals surface area contributed by atoms with E-state index in [9.17, 15) is 4.79 Å². The molecule has 1 amide bonds. The highest BCUT2D eigenvalue weighted by Crippen LogP contribution is 2.43. The molecule has 0 bridgehead atoms. The number of carbonyl (C=O) groups is 1. The maximum atomic E-state index is 12.1. The molecule has 0 radical (unpaired) electrons. The van der Waals surface area contributed by atoms with Crippen molar-refractivity contribution in [3.8, 4) is 0 Å². The molecular formula is C15H15Cl2N3O. The molecule has 110 valence electrons. The quantitative estimate of drug-likeness (QED) is 0.898. The molecule has 6 heteroatoms. The molecule has 1 aromatic heterocycles. The molecule has 1 unspecified atom stereocenters. The summed E-state index contributed by atoms with van der Waals surface area (Å²) < 4.78 is 1.81. The van der Waals surface area contributed by atoms with E-state index in [1.165, 1.54) is 0 Å². The van der Waals surface area contributed by atoms with Crippen LogP contribution in [0.3, 0.4) is 0 Å². The van der Waals surface area contributed by atoms with E-state index in [1.54, 1.807) is 24.4 Å². The van der Waals surface area contributed by atoms with Crippen LogP contribution in [0, 0.1) is 0 Å². The predicted octanol–water partition coefficient (Wildman–Crippen LogP) is 4.24. The van der Waals surface area contributed by atoms with Gasteiger partial charge in [0.05, 0.1) is 6.20 Å². The summed E-state index contributed by atoms with van der Waals surface area (Å²) in [5.74, 6) is 0.524. The van der Waals surface area contributed by atoms with Gasteiger partial charge in [0.1, 0.15) is 5.82 Å². The Balaban J connectivity index is 2.16. The van der Waals surface area contributed by atoms with Crippen LogP contribution in [0.15, 0.2) is 24.4 Å². The highest BCUT2D eigenvalue weighted by Gasteiger charge is 2.32. The van der Waals surface area contributed by atoms with Gasteiger partial charge in [0.25, 0.3) is 0 Å². The van der Waals surface area contributed by atoms with Gasteiger partial charge in [-0.2, -0.15) is 5.10 Å². The third kappa shape index (κ3) is 2.43. The standard InChI is InChI=1S/C15H15Cl2N3O/c1-8(2)20-15-10(7-18-20)9(6-13(21)19-15)14-11(16)4-3-5-12(14)17/h3-5,7-9H,6H2,1-2H3,(H,19,21). The predicted molar refractivity (Wildman–Crippen MR) is 84.2 cm³/mol. The highest BCUT2D eigenvalue weighted by atomic mass is 35.5. The second-order valence-electron chi connectivity index (χ2n) is 5.43. The second kappa shape index (κ2) is 5.35. The van der Waals surface area contributed by atoms with Crippen molar-refractivity contribution in [3.63, 3.8) is 0 Å². The Morgan fingerprint density at radius 3 is 2.62 bits per heavy atom. The summed E-state index contributed by atoms with van der Waals surface area (Å²) in [6, 6.07) is 5.55. The Bertz CT molecular complexity index is 689. The number of nitrogens with zero attached hydrogens (tertiary/aromatic N) is 2. The Hall–Kier alpha value is -1.52. The molecule has 2 heterocycles. The van der Waals surface area contributed by atoms with Crippen LogP contribution in [0.5, 0.6) is 0 Å². The molecule has 2 aromatic rings. The summed E-state index contributed by atoms with van der Waals surface area (Å²) in [5.41, 5.74) is 1.75. The van der Waals surface area contributed by atoms with Crippen LogP contribution in [0.1, 0.15) is 43.4 Å². The number of anilines is 1. The van der Waals surface area contributed by atoms with Gasteiger partial charge in [-0.1, -0.05) is 29.3 Å². The summed E-state index contributed by atoms with van der Waals surface area (Å²) in [6.45, 7) is 4.04. The van der Waals surface area contributed by atoms with Gasteiger partial charge >= 0.3 is 0 Å². The summed E-state index contributed by atoms with van der Waals surface area (Å²) in [4.78, 5) is 12.1. The van der Waals surface area contributed by atoms with Crippen LogP contribution >= 0.6 is 23.2 Å². The van der Waals surface area contributed by atoms with Gasteiger partial charge in [-0.05, 0) is 31.5 Å². The summed E-state index contributed by atoms with van der Waals surface area (Å²) in [5, 5.41) is 8.44. The average molecular weight is 324 g/mol. The maximum Gasteiger partial charge on any atom is 0.226 e. The van der Waals surface area contributed by atoms with Gasteiger partial charge in [-0.25, -0.2) is 4.68 Å². The molecule has 1 N–H and O–H groups in total. The van der Waals surface area contributed by atoms with Crippen molar-refractivity contribution in [1.82, 2.24) is 9.78 Å². The van der Waals surface area contributed by atoms with Crippen LogP contribution in [0.4, 0.5) is 5.82 Å². The second-order valence-corrected chi connectivity index (χ2v) is 6.24. The van der Waals surface area contributed by atoms with E-state index in [4.69, 9.17) is 23.2 Å². The third-order valence-corrected chi connectivity index (χ3v) is 4.34. The van der Waals surface area contributed by atoms with Gasteiger partial charge in [-0.3, -0.25) is 4.79 Å². The summed E-state index contributed by atoms with van der Waals surface area (Å²) in [6.07, 6.45) is 2.11. The van der Waals surface area contributed by atoms with Crippen LogP contribution in [-0.4, -0.2) is 15.7 Å². The number of hydrogen-bond acceptors (Lipinski definition) is 2. The molecular weight excluding hydrogens is 309 g/mol. The Morgan fingerprint density at radius 1 is 1.33 bits per heavy atom. The molecule has 4 nitrogen and oxygen atoms in total. The van der Waals surface area contributed by atoms with E-state index in [2.05, 4.69) is 10.4 Å². The monoisotopic (exact) mass is 323 g/mol. The van der Waals surface area contributed by atoms with Gasteiger partial charge in [0, 0.05) is 34.0 Å². The van der Waals surface area contributed by atoms with Crippen LogP contribution in [-0.2, 0) is 4.79 Å². The van der Waals surface area contributed by atoms with Crippen molar-refractivity contribution < 1.29 is 4.79 Å². The van der Waals surface area contributed by atoms with Crippen molar-refractivity contribution >= 4 is 34.9 Å². The van der Waals surface area contributed by atoms with E-state index in [0.717, 1.165) is 16.9 Å². The Labute approximate surface area is 133 Å². The molecule has 21 heavy (non-hydrogen) atoms. The zero-order valence-electron chi connectivity index (χ0n) is 11.7. The Kier molecular flexibility index (Phi) is 3.68. The van der Waals surface area contributed by atoms with Gasteiger partial charge < -0.3 is 5.32 Å². The first-order valence-corrected chi connectivity index (χ1v) is 7.55. The summed E-state index contributed by atoms with van der Waals surface area (Å²) >= 11 is 12.6. The van der Waals surface area contributed by atoms with E-state index >= 15 is 0 Å². The molecule has 0 saturated heterocycles. The fourth-order valence-corrected chi connectivity index (χ4v) is 3.39. The third-order valence-electron chi connectivity index (χ3n) is 3.68. The highest BCUT2D eigenvalue weighted by molar-refractivity contribution is 6.36. The minimum absolute atomic E-state index is 0.0501. The number of aromatic nitrogens is 2. The zero-order chi connectivity index (χ0) is 15.1. The number of nitrogens with one attached hydrogen (secondary N) is 1. The van der Waals surface area contributed by atoms with Crippen molar-refractivity contribution in [2.24, 2.45) is 0 Å². The molecule has 0 fully saturated rings. The Morgan fingerprint density at radius 2 is 2.00 bits per heavy atom. The van der Waals surface area contributed by atoms with Gasteiger partial charge in [0.2, 0.25) is 5.91 Å². The number of benzene rings is 1. The van der Waals surface area contributed by atoms with E-state index in [1.807, 2.05) is 18.5 Å². The number of rotatable bonds is 2. The molecule has 1 aliphatic rings. The van der Waals surface area contributed by atoms with E-state index in [0.29, 0.717) is 16.5 Å². The lowest BCUT2D eigenvalue weighted by Crippen LogP contribution is -2.25. The number of carbonyl (C=O) groups excluding carboxylic acids is 1. The first kappa shape index (κ1) is 14.4. The molecule has 0 saturated carbocycles. The van der Waals surface area contributed by atoms with E-state index in [-0.39, 0.29) is 17.9 Å². The normalized spacial score (nSPS) is 17.8. The van der Waals surface area contributed by atoms with E-state index < -0.39 is 0 Å². The number of fused-ring (bicyclic) bond motifs is 1. The van der Waals surface area contributed by atoms with Crippen LogP contribution in [0.25, 0.3) is 0 Å². The fourth-order valence-electron chi connectivity index (χ4n) is 2.73. The average Bonchev–Trinajstić information content (AvgIpc) is 2.82. The molecule has 1 aliphatic heterocycles. The molecule has 1 aromatic carbocycles. The zero-order valence-corrected chi connectivity index (χ0v) is 13.2. The summed E-state index contributed by atoms with van der Waals surface area (Å²) in [7, 11) is 0.